The highest BCUT2D eigenvalue weighted by Gasteiger charge is 2.30. The fraction of sp³-hybridized carbons (Fsp3) is 0.611. The molecule has 0 spiro atoms. The fourth-order valence-corrected chi connectivity index (χ4v) is 2.55. The van der Waals surface area contributed by atoms with Crippen LogP contribution in [-0.4, -0.2) is 35.2 Å². The Morgan fingerprint density at radius 3 is 2.30 bits per heavy atom. The summed E-state index contributed by atoms with van der Waals surface area (Å²) >= 11 is 2.33. The lowest BCUT2D eigenvalue weighted by molar-refractivity contribution is 0.00749. The van der Waals surface area contributed by atoms with Gasteiger partial charge in [0.05, 0.1) is 0 Å². The number of nitrogens with zero attached hydrogens (tertiary/aromatic N) is 1. The maximum absolute atomic E-state index is 12.4. The van der Waals surface area contributed by atoms with E-state index in [1.165, 1.54) is 9.13 Å². The molecule has 0 saturated carbocycles. The topological polar surface area (TPSA) is 41.6 Å². The van der Waals surface area contributed by atoms with Crippen molar-refractivity contribution in [3.8, 4) is 0 Å². The second-order valence-corrected chi connectivity index (χ2v) is 8.86. The van der Waals surface area contributed by atoms with E-state index in [4.69, 9.17) is 4.74 Å². The Morgan fingerprint density at radius 1 is 1.22 bits per heavy atom. The molecule has 0 heterocycles. The van der Waals surface area contributed by atoms with E-state index in [0.29, 0.717) is 13.1 Å². The second-order valence-electron chi connectivity index (χ2n) is 7.69. The van der Waals surface area contributed by atoms with E-state index in [-0.39, 0.29) is 11.6 Å². The molecule has 0 radical (unpaired) electrons. The lowest BCUT2D eigenvalue weighted by Gasteiger charge is -2.37. The monoisotopic (exact) mass is 432 g/mol. The molecule has 1 amide bonds. The normalized spacial score (nSPS) is 12.0. The van der Waals surface area contributed by atoms with Crippen molar-refractivity contribution in [2.45, 2.75) is 59.6 Å². The van der Waals surface area contributed by atoms with Gasteiger partial charge in [-0.3, -0.25) is 0 Å². The van der Waals surface area contributed by atoms with Gasteiger partial charge in [0.2, 0.25) is 0 Å². The number of carbonyl (C=O) groups is 1. The third kappa shape index (κ3) is 6.97. The first-order valence-corrected chi connectivity index (χ1v) is 8.99. The zero-order chi connectivity index (χ0) is 17.8. The number of carbonyl (C=O) groups excluding carboxylic acids is 1. The van der Waals surface area contributed by atoms with Crippen LogP contribution in [0.3, 0.4) is 0 Å². The number of rotatable bonds is 4. The van der Waals surface area contributed by atoms with Crippen molar-refractivity contribution in [2.24, 2.45) is 0 Å². The van der Waals surface area contributed by atoms with Gasteiger partial charge in [0.25, 0.3) is 0 Å². The Morgan fingerprint density at radius 2 is 1.83 bits per heavy atom. The standard InChI is InChI=1S/C18H29IN2O2/c1-13-8-9-14(12-15(13)19)20-10-11-21(17(2,3)4)16(22)23-18(5,6)7/h8-9,12,20H,10-11H2,1-7H3. The number of aryl methyl sites for hydroxylation is 1. The Hall–Kier alpha value is -0.980. The van der Waals surface area contributed by atoms with Crippen molar-refractivity contribution < 1.29 is 9.53 Å². The molecular formula is C18H29IN2O2. The first-order chi connectivity index (χ1) is 10.4. The van der Waals surface area contributed by atoms with Crippen molar-refractivity contribution in [1.82, 2.24) is 4.90 Å². The molecule has 0 aromatic heterocycles. The molecule has 0 aliphatic carbocycles. The van der Waals surface area contributed by atoms with Crippen molar-refractivity contribution in [3.63, 3.8) is 0 Å². The van der Waals surface area contributed by atoms with Crippen molar-refractivity contribution in [1.29, 1.82) is 0 Å². The van der Waals surface area contributed by atoms with E-state index >= 15 is 0 Å². The molecule has 1 aromatic rings. The average Bonchev–Trinajstić information content (AvgIpc) is 2.35. The molecule has 0 aliphatic rings. The molecule has 0 atom stereocenters. The number of ether oxygens (including phenoxy) is 1. The number of halogens is 1. The molecular weight excluding hydrogens is 403 g/mol. The zero-order valence-corrected chi connectivity index (χ0v) is 17.4. The van der Waals surface area contributed by atoms with Gasteiger partial charge in [0, 0.05) is 27.9 Å². The number of nitrogens with one attached hydrogen (secondary N) is 1. The molecule has 4 nitrogen and oxygen atoms in total. The highest BCUT2D eigenvalue weighted by Crippen LogP contribution is 2.19. The fourth-order valence-electron chi connectivity index (χ4n) is 2.03. The molecule has 1 N–H and O–H groups in total. The largest absolute Gasteiger partial charge is 0.444 e. The van der Waals surface area contributed by atoms with Crippen LogP contribution in [0.25, 0.3) is 0 Å². The van der Waals surface area contributed by atoms with E-state index in [0.717, 1.165) is 5.69 Å². The first kappa shape index (κ1) is 20.1. The van der Waals surface area contributed by atoms with Gasteiger partial charge < -0.3 is 15.0 Å². The summed E-state index contributed by atoms with van der Waals surface area (Å²) < 4.78 is 6.75. The van der Waals surface area contributed by atoms with Crippen LogP contribution in [0.4, 0.5) is 10.5 Å². The molecule has 23 heavy (non-hydrogen) atoms. The molecule has 1 rings (SSSR count). The molecule has 1 aromatic carbocycles. The predicted molar refractivity (Wildman–Crippen MR) is 105 cm³/mol. The quantitative estimate of drug-likeness (QED) is 0.678. The summed E-state index contributed by atoms with van der Waals surface area (Å²) in [4.78, 5) is 14.2. The van der Waals surface area contributed by atoms with Gasteiger partial charge in [-0.15, -0.1) is 0 Å². The number of anilines is 1. The molecule has 0 fully saturated rings. The van der Waals surface area contributed by atoms with Crippen molar-refractivity contribution in [2.75, 3.05) is 18.4 Å². The average molecular weight is 432 g/mol. The minimum Gasteiger partial charge on any atom is -0.444 e. The number of amides is 1. The van der Waals surface area contributed by atoms with Gasteiger partial charge in [0.15, 0.2) is 0 Å². The highest BCUT2D eigenvalue weighted by atomic mass is 127. The van der Waals surface area contributed by atoms with Gasteiger partial charge in [-0.2, -0.15) is 0 Å². The summed E-state index contributed by atoms with van der Waals surface area (Å²) in [5.74, 6) is 0. The van der Waals surface area contributed by atoms with Crippen LogP contribution in [0.15, 0.2) is 18.2 Å². The minimum absolute atomic E-state index is 0.273. The summed E-state index contributed by atoms with van der Waals surface area (Å²) in [7, 11) is 0. The lowest BCUT2D eigenvalue weighted by atomic mass is 10.1. The van der Waals surface area contributed by atoms with Crippen LogP contribution in [0.5, 0.6) is 0 Å². The summed E-state index contributed by atoms with van der Waals surface area (Å²) in [5.41, 5.74) is 1.56. The Bertz CT molecular complexity index is 545. The van der Waals surface area contributed by atoms with Crippen LogP contribution in [0.2, 0.25) is 0 Å². The SMILES string of the molecule is Cc1ccc(NCCN(C(=O)OC(C)(C)C)C(C)(C)C)cc1I. The number of hydrogen-bond acceptors (Lipinski definition) is 3. The third-order valence-electron chi connectivity index (χ3n) is 3.26. The first-order valence-electron chi connectivity index (χ1n) is 7.91. The molecule has 5 heteroatoms. The van der Waals surface area contributed by atoms with Gasteiger partial charge >= 0.3 is 6.09 Å². The van der Waals surface area contributed by atoms with Crippen LogP contribution < -0.4 is 5.32 Å². The van der Waals surface area contributed by atoms with Crippen LogP contribution in [0.1, 0.15) is 47.1 Å². The maximum atomic E-state index is 12.4. The lowest BCUT2D eigenvalue weighted by Crippen LogP contribution is -2.49. The smallest absolute Gasteiger partial charge is 0.410 e. The Labute approximate surface area is 154 Å². The minimum atomic E-state index is -0.485. The number of benzene rings is 1. The highest BCUT2D eigenvalue weighted by molar-refractivity contribution is 14.1. The van der Waals surface area contributed by atoms with Crippen molar-refractivity contribution >= 4 is 34.4 Å². The van der Waals surface area contributed by atoms with Gasteiger partial charge in [-0.05, 0) is 88.8 Å². The van der Waals surface area contributed by atoms with Gasteiger partial charge in [-0.1, -0.05) is 6.07 Å². The summed E-state index contributed by atoms with van der Waals surface area (Å²) in [5, 5.41) is 3.38. The molecule has 0 unspecified atom stereocenters. The van der Waals surface area contributed by atoms with Crippen LogP contribution in [-0.2, 0) is 4.74 Å². The van der Waals surface area contributed by atoms with E-state index in [9.17, 15) is 4.79 Å². The van der Waals surface area contributed by atoms with E-state index < -0.39 is 5.60 Å². The molecule has 130 valence electrons. The zero-order valence-electron chi connectivity index (χ0n) is 15.3. The predicted octanol–water partition coefficient (Wildman–Crippen LogP) is 5.05. The molecule has 0 bridgehead atoms. The summed E-state index contributed by atoms with van der Waals surface area (Å²) in [6, 6.07) is 6.27. The Kier molecular flexibility index (Phi) is 6.74. The Balaban J connectivity index is 2.68. The summed E-state index contributed by atoms with van der Waals surface area (Å²) in [6.45, 7) is 15.1. The van der Waals surface area contributed by atoms with Crippen LogP contribution >= 0.6 is 22.6 Å². The van der Waals surface area contributed by atoms with E-state index in [1.54, 1.807) is 4.90 Å². The van der Waals surface area contributed by atoms with Crippen LogP contribution in [0, 0.1) is 10.5 Å². The summed E-state index contributed by atoms with van der Waals surface area (Å²) in [6.07, 6.45) is -0.273. The van der Waals surface area contributed by atoms with E-state index in [2.05, 4.69) is 53.0 Å². The van der Waals surface area contributed by atoms with Gasteiger partial charge in [0.1, 0.15) is 5.60 Å². The third-order valence-corrected chi connectivity index (χ3v) is 4.42. The van der Waals surface area contributed by atoms with Crippen molar-refractivity contribution in [3.05, 3.63) is 27.3 Å². The van der Waals surface area contributed by atoms with E-state index in [1.807, 2.05) is 41.5 Å². The number of hydrogen-bond donors (Lipinski definition) is 1. The maximum Gasteiger partial charge on any atom is 0.410 e. The molecule has 0 saturated heterocycles. The second kappa shape index (κ2) is 7.73. The van der Waals surface area contributed by atoms with Gasteiger partial charge in [-0.25, -0.2) is 4.79 Å². The molecule has 0 aliphatic heterocycles.